The first kappa shape index (κ1) is 15.9. The molecular weight excluding hydrogens is 338 g/mol. The number of rotatable bonds is 4. The summed E-state index contributed by atoms with van der Waals surface area (Å²) < 4.78 is 37.9. The first-order chi connectivity index (χ1) is 11.4. The van der Waals surface area contributed by atoms with Gasteiger partial charge in [0.05, 0.1) is 15.5 Å². The number of ether oxygens (including phenoxy) is 2. The number of nitrogen functional groups attached to an aromatic ring is 1. The Morgan fingerprint density at radius 3 is 2.50 bits per heavy atom. The van der Waals surface area contributed by atoms with E-state index in [1.165, 1.54) is 30.3 Å². The molecule has 24 heavy (non-hydrogen) atoms. The summed E-state index contributed by atoms with van der Waals surface area (Å²) in [6.07, 6.45) is 0. The Morgan fingerprint density at radius 1 is 1.08 bits per heavy atom. The Balaban J connectivity index is 1.92. The van der Waals surface area contributed by atoms with Crippen LogP contribution in [-0.2, 0) is 10.0 Å². The average Bonchev–Trinajstić information content (AvgIpc) is 2.55. The zero-order valence-corrected chi connectivity index (χ0v) is 13.1. The molecule has 10 heteroatoms. The smallest absolute Gasteiger partial charge is 0.294 e. The normalized spacial score (nSPS) is 13.3. The lowest BCUT2D eigenvalue weighted by molar-refractivity contribution is -0.383. The predicted octanol–water partition coefficient (Wildman–Crippen LogP) is 1.75. The fourth-order valence-electron chi connectivity index (χ4n) is 2.17. The Kier molecular flexibility index (Phi) is 3.89. The number of anilines is 2. The molecule has 1 heterocycles. The number of nitrogens with one attached hydrogen (secondary N) is 1. The average molecular weight is 351 g/mol. The fourth-order valence-corrected chi connectivity index (χ4v) is 3.23. The maximum absolute atomic E-state index is 12.4. The number of hydrogen-bond donors (Lipinski definition) is 2. The summed E-state index contributed by atoms with van der Waals surface area (Å²) in [4.78, 5) is 10.2. The lowest BCUT2D eigenvalue weighted by atomic mass is 10.2. The van der Waals surface area contributed by atoms with Crippen molar-refractivity contribution in [2.24, 2.45) is 0 Å². The molecule has 0 saturated heterocycles. The van der Waals surface area contributed by atoms with Crippen molar-refractivity contribution in [2.45, 2.75) is 4.90 Å². The Bertz CT molecular complexity index is 913. The number of sulfonamides is 1. The highest BCUT2D eigenvalue weighted by atomic mass is 32.2. The molecule has 0 unspecified atom stereocenters. The second-order valence-corrected chi connectivity index (χ2v) is 6.62. The van der Waals surface area contributed by atoms with Crippen molar-refractivity contribution < 1.29 is 22.8 Å². The molecule has 1 aliphatic rings. The van der Waals surface area contributed by atoms with Gasteiger partial charge in [-0.1, -0.05) is 0 Å². The highest BCUT2D eigenvalue weighted by Gasteiger charge is 2.21. The van der Waals surface area contributed by atoms with Crippen LogP contribution in [0.25, 0.3) is 0 Å². The second-order valence-electron chi connectivity index (χ2n) is 4.94. The molecule has 0 amide bonds. The van der Waals surface area contributed by atoms with Crippen LogP contribution in [0.15, 0.2) is 41.3 Å². The minimum absolute atomic E-state index is 0.0331. The van der Waals surface area contributed by atoms with Gasteiger partial charge in [-0.25, -0.2) is 8.42 Å². The van der Waals surface area contributed by atoms with Crippen LogP contribution in [0.5, 0.6) is 11.5 Å². The van der Waals surface area contributed by atoms with Crippen molar-refractivity contribution in [3.8, 4) is 11.5 Å². The van der Waals surface area contributed by atoms with E-state index in [2.05, 4.69) is 4.72 Å². The molecule has 3 rings (SSSR count). The summed E-state index contributed by atoms with van der Waals surface area (Å²) in [5, 5.41) is 10.9. The van der Waals surface area contributed by atoms with Gasteiger partial charge in [-0.3, -0.25) is 14.8 Å². The predicted molar refractivity (Wildman–Crippen MR) is 85.7 cm³/mol. The third-order valence-corrected chi connectivity index (χ3v) is 4.68. The van der Waals surface area contributed by atoms with Crippen molar-refractivity contribution >= 4 is 27.1 Å². The third-order valence-electron chi connectivity index (χ3n) is 3.30. The number of nitro groups is 1. The standard InChI is InChI=1S/C14H13N3O6S/c15-11-3-1-9(7-12(11)17(18)19)16-24(20,21)10-2-4-13-14(8-10)23-6-5-22-13/h1-4,7-8,16H,5-6,15H2. The van der Waals surface area contributed by atoms with E-state index in [1.54, 1.807) is 0 Å². The number of benzene rings is 2. The van der Waals surface area contributed by atoms with Gasteiger partial charge >= 0.3 is 0 Å². The van der Waals surface area contributed by atoms with Gasteiger partial charge in [0, 0.05) is 12.1 Å². The number of nitro benzene ring substituents is 1. The summed E-state index contributed by atoms with van der Waals surface area (Å²) in [7, 11) is -3.95. The summed E-state index contributed by atoms with van der Waals surface area (Å²) in [5.74, 6) is 0.788. The topological polar surface area (TPSA) is 134 Å². The first-order valence-corrected chi connectivity index (χ1v) is 8.31. The second kappa shape index (κ2) is 5.89. The molecule has 9 nitrogen and oxygen atoms in total. The zero-order valence-electron chi connectivity index (χ0n) is 12.3. The van der Waals surface area contributed by atoms with Crippen LogP contribution in [0.1, 0.15) is 0 Å². The van der Waals surface area contributed by atoms with Crippen LogP contribution in [0.2, 0.25) is 0 Å². The number of fused-ring (bicyclic) bond motifs is 1. The molecule has 0 spiro atoms. The number of hydrogen-bond acceptors (Lipinski definition) is 7. The van der Waals surface area contributed by atoms with E-state index in [0.29, 0.717) is 24.7 Å². The number of nitrogens with two attached hydrogens (primary N) is 1. The van der Waals surface area contributed by atoms with Crippen molar-refractivity contribution in [2.75, 3.05) is 23.7 Å². The SMILES string of the molecule is Nc1ccc(NS(=O)(=O)c2ccc3c(c2)OCCO3)cc1[N+](=O)[O-]. The molecule has 0 aliphatic carbocycles. The van der Waals surface area contributed by atoms with Gasteiger partial charge in [0.25, 0.3) is 15.7 Å². The van der Waals surface area contributed by atoms with E-state index in [9.17, 15) is 18.5 Å². The van der Waals surface area contributed by atoms with Gasteiger partial charge in [-0.15, -0.1) is 0 Å². The maximum Gasteiger partial charge on any atom is 0.294 e. The van der Waals surface area contributed by atoms with Gasteiger partial charge in [0.2, 0.25) is 0 Å². The Hall–Kier alpha value is -3.01. The van der Waals surface area contributed by atoms with Gasteiger partial charge < -0.3 is 15.2 Å². The molecule has 1 aliphatic heterocycles. The molecular formula is C14H13N3O6S. The van der Waals surface area contributed by atoms with Crippen LogP contribution >= 0.6 is 0 Å². The molecule has 2 aromatic carbocycles. The van der Waals surface area contributed by atoms with E-state index in [4.69, 9.17) is 15.2 Å². The van der Waals surface area contributed by atoms with E-state index >= 15 is 0 Å². The van der Waals surface area contributed by atoms with E-state index in [-0.39, 0.29) is 22.0 Å². The molecule has 0 atom stereocenters. The lowest BCUT2D eigenvalue weighted by Gasteiger charge is -2.19. The Morgan fingerprint density at radius 2 is 1.79 bits per heavy atom. The Labute approximate surface area is 137 Å². The lowest BCUT2D eigenvalue weighted by Crippen LogP contribution is -2.17. The summed E-state index contributed by atoms with van der Waals surface area (Å²) in [6.45, 7) is 0.723. The van der Waals surface area contributed by atoms with Crippen LogP contribution in [0.3, 0.4) is 0 Å². The molecule has 0 saturated carbocycles. The maximum atomic E-state index is 12.4. The molecule has 0 fully saturated rings. The van der Waals surface area contributed by atoms with Crippen LogP contribution in [0, 0.1) is 10.1 Å². The van der Waals surface area contributed by atoms with Crippen LogP contribution < -0.4 is 19.9 Å². The molecule has 3 N–H and O–H groups in total. The largest absolute Gasteiger partial charge is 0.486 e. The van der Waals surface area contributed by atoms with Gasteiger partial charge in [-0.2, -0.15) is 0 Å². The molecule has 126 valence electrons. The molecule has 0 radical (unpaired) electrons. The summed E-state index contributed by atoms with van der Waals surface area (Å²) in [6, 6.07) is 7.86. The zero-order chi connectivity index (χ0) is 17.3. The molecule has 0 bridgehead atoms. The summed E-state index contributed by atoms with van der Waals surface area (Å²) in [5.41, 5.74) is 5.09. The molecule has 2 aromatic rings. The highest BCUT2D eigenvalue weighted by molar-refractivity contribution is 7.92. The third kappa shape index (κ3) is 3.04. The van der Waals surface area contributed by atoms with Crippen molar-refractivity contribution in [3.63, 3.8) is 0 Å². The van der Waals surface area contributed by atoms with Crippen LogP contribution in [0.4, 0.5) is 17.1 Å². The van der Waals surface area contributed by atoms with E-state index < -0.39 is 14.9 Å². The quantitative estimate of drug-likeness (QED) is 0.487. The van der Waals surface area contributed by atoms with E-state index in [0.717, 1.165) is 6.07 Å². The fraction of sp³-hybridized carbons (Fsp3) is 0.143. The van der Waals surface area contributed by atoms with Gasteiger partial charge in [0.15, 0.2) is 11.5 Å². The van der Waals surface area contributed by atoms with E-state index in [1.807, 2.05) is 0 Å². The number of nitrogens with zero attached hydrogens (tertiary/aromatic N) is 1. The minimum atomic E-state index is -3.95. The van der Waals surface area contributed by atoms with Crippen molar-refractivity contribution in [1.82, 2.24) is 0 Å². The first-order valence-electron chi connectivity index (χ1n) is 6.83. The van der Waals surface area contributed by atoms with Gasteiger partial charge in [0.1, 0.15) is 18.9 Å². The molecule has 0 aromatic heterocycles. The van der Waals surface area contributed by atoms with Crippen LogP contribution in [-0.4, -0.2) is 26.6 Å². The highest BCUT2D eigenvalue weighted by Crippen LogP contribution is 2.33. The monoisotopic (exact) mass is 351 g/mol. The van der Waals surface area contributed by atoms with Crippen molar-refractivity contribution in [1.29, 1.82) is 0 Å². The minimum Gasteiger partial charge on any atom is -0.486 e. The summed E-state index contributed by atoms with van der Waals surface area (Å²) >= 11 is 0. The van der Waals surface area contributed by atoms with Crippen molar-refractivity contribution in [3.05, 3.63) is 46.5 Å². The van der Waals surface area contributed by atoms with Gasteiger partial charge in [-0.05, 0) is 24.3 Å².